The Morgan fingerprint density at radius 2 is 1.94 bits per heavy atom. The number of hydrogen-bond acceptors (Lipinski definition) is 2. The van der Waals surface area contributed by atoms with Crippen LogP contribution in [-0.4, -0.2) is 12.1 Å². The Kier molecular flexibility index (Phi) is 6.13. The largest absolute Gasteiger partial charge is 0.491 e. The SMILES string of the molecule is CCCC(C)Oc1cc(F)cc(CNC(C)C)c1. The standard InChI is InChI=1S/C15H24FNO/c1-5-6-12(4)18-15-8-13(7-14(16)9-15)10-17-11(2)3/h7-9,11-12,17H,5-6,10H2,1-4H3. The quantitative estimate of drug-likeness (QED) is 0.796. The first-order valence-corrected chi connectivity index (χ1v) is 6.70. The molecular weight excluding hydrogens is 229 g/mol. The van der Waals surface area contributed by atoms with Crippen LogP contribution >= 0.6 is 0 Å². The molecule has 0 saturated heterocycles. The second-order valence-corrected chi connectivity index (χ2v) is 5.05. The predicted molar refractivity (Wildman–Crippen MR) is 73.4 cm³/mol. The van der Waals surface area contributed by atoms with Gasteiger partial charge in [0.15, 0.2) is 0 Å². The Hall–Kier alpha value is -1.09. The highest BCUT2D eigenvalue weighted by Crippen LogP contribution is 2.19. The number of rotatable bonds is 7. The molecule has 0 saturated carbocycles. The van der Waals surface area contributed by atoms with Crippen LogP contribution < -0.4 is 10.1 Å². The summed E-state index contributed by atoms with van der Waals surface area (Å²) in [6.45, 7) is 8.93. The molecule has 0 aliphatic heterocycles. The fourth-order valence-electron chi connectivity index (χ4n) is 1.81. The summed E-state index contributed by atoms with van der Waals surface area (Å²) >= 11 is 0. The molecule has 102 valence electrons. The Labute approximate surface area is 110 Å². The topological polar surface area (TPSA) is 21.3 Å². The summed E-state index contributed by atoms with van der Waals surface area (Å²) in [4.78, 5) is 0. The van der Waals surface area contributed by atoms with Gasteiger partial charge in [-0.1, -0.05) is 27.2 Å². The molecule has 0 amide bonds. The van der Waals surface area contributed by atoms with Gasteiger partial charge in [0, 0.05) is 18.7 Å². The summed E-state index contributed by atoms with van der Waals surface area (Å²) in [5.41, 5.74) is 0.919. The molecule has 0 bridgehead atoms. The van der Waals surface area contributed by atoms with E-state index in [0.29, 0.717) is 18.3 Å². The van der Waals surface area contributed by atoms with Crippen molar-refractivity contribution in [3.8, 4) is 5.75 Å². The van der Waals surface area contributed by atoms with Crippen LogP contribution in [0.1, 0.15) is 46.1 Å². The first kappa shape index (κ1) is 15.0. The van der Waals surface area contributed by atoms with Crippen molar-refractivity contribution in [2.45, 2.75) is 59.2 Å². The molecule has 1 aromatic rings. The summed E-state index contributed by atoms with van der Waals surface area (Å²) < 4.78 is 19.2. The van der Waals surface area contributed by atoms with Gasteiger partial charge in [-0.3, -0.25) is 0 Å². The van der Waals surface area contributed by atoms with Crippen molar-refractivity contribution in [3.05, 3.63) is 29.6 Å². The van der Waals surface area contributed by atoms with E-state index < -0.39 is 0 Å². The summed E-state index contributed by atoms with van der Waals surface area (Å²) in [5.74, 6) is 0.383. The van der Waals surface area contributed by atoms with Crippen molar-refractivity contribution < 1.29 is 9.13 Å². The fourth-order valence-corrected chi connectivity index (χ4v) is 1.81. The van der Waals surface area contributed by atoms with Gasteiger partial charge in [0.05, 0.1) is 6.10 Å². The lowest BCUT2D eigenvalue weighted by Crippen LogP contribution is -2.22. The molecule has 3 heteroatoms. The Balaban J connectivity index is 2.68. The van der Waals surface area contributed by atoms with Gasteiger partial charge >= 0.3 is 0 Å². The number of hydrogen-bond donors (Lipinski definition) is 1. The lowest BCUT2D eigenvalue weighted by atomic mass is 10.2. The molecule has 0 spiro atoms. The molecule has 0 aliphatic carbocycles. The third-order valence-corrected chi connectivity index (χ3v) is 2.68. The molecule has 0 radical (unpaired) electrons. The molecule has 2 nitrogen and oxygen atoms in total. The summed E-state index contributed by atoms with van der Waals surface area (Å²) in [6.07, 6.45) is 2.18. The molecule has 0 fully saturated rings. The molecule has 1 unspecified atom stereocenters. The van der Waals surface area contributed by atoms with Gasteiger partial charge in [-0.05, 0) is 31.0 Å². The summed E-state index contributed by atoms with van der Waals surface area (Å²) in [5, 5.41) is 3.27. The first-order valence-electron chi connectivity index (χ1n) is 6.70. The third kappa shape index (κ3) is 5.50. The van der Waals surface area contributed by atoms with E-state index in [2.05, 4.69) is 26.1 Å². The highest BCUT2D eigenvalue weighted by Gasteiger charge is 2.06. The summed E-state index contributed by atoms with van der Waals surface area (Å²) in [6, 6.07) is 5.29. The number of halogens is 1. The second kappa shape index (κ2) is 7.37. The van der Waals surface area contributed by atoms with Gasteiger partial charge in [0.1, 0.15) is 11.6 Å². The van der Waals surface area contributed by atoms with Crippen LogP contribution in [0, 0.1) is 5.82 Å². The molecule has 0 aliphatic rings. The van der Waals surface area contributed by atoms with Gasteiger partial charge < -0.3 is 10.1 Å². The Morgan fingerprint density at radius 3 is 2.56 bits per heavy atom. The lowest BCUT2D eigenvalue weighted by Gasteiger charge is -2.15. The van der Waals surface area contributed by atoms with Crippen LogP contribution in [0.2, 0.25) is 0 Å². The van der Waals surface area contributed by atoms with E-state index in [1.54, 1.807) is 6.07 Å². The number of ether oxygens (including phenoxy) is 1. The van der Waals surface area contributed by atoms with Crippen LogP contribution in [0.5, 0.6) is 5.75 Å². The zero-order valence-electron chi connectivity index (χ0n) is 11.8. The second-order valence-electron chi connectivity index (χ2n) is 5.05. The highest BCUT2D eigenvalue weighted by molar-refractivity contribution is 5.29. The van der Waals surface area contributed by atoms with Crippen LogP contribution in [0.15, 0.2) is 18.2 Å². The van der Waals surface area contributed by atoms with Crippen LogP contribution in [0.25, 0.3) is 0 Å². The van der Waals surface area contributed by atoms with E-state index in [1.165, 1.54) is 6.07 Å². The normalized spacial score (nSPS) is 12.8. The van der Waals surface area contributed by atoms with Crippen molar-refractivity contribution >= 4 is 0 Å². The zero-order valence-corrected chi connectivity index (χ0v) is 11.8. The lowest BCUT2D eigenvalue weighted by molar-refractivity contribution is 0.209. The molecule has 1 aromatic carbocycles. The maximum atomic E-state index is 13.5. The van der Waals surface area contributed by atoms with E-state index in [-0.39, 0.29) is 11.9 Å². The molecule has 1 N–H and O–H groups in total. The molecular formula is C15H24FNO. The molecule has 18 heavy (non-hydrogen) atoms. The minimum atomic E-state index is -0.239. The maximum absolute atomic E-state index is 13.5. The van der Waals surface area contributed by atoms with Crippen LogP contribution in [-0.2, 0) is 6.54 Å². The molecule has 0 heterocycles. The third-order valence-electron chi connectivity index (χ3n) is 2.68. The Bertz CT molecular complexity index is 366. The van der Waals surface area contributed by atoms with E-state index in [1.807, 2.05) is 13.0 Å². The maximum Gasteiger partial charge on any atom is 0.127 e. The summed E-state index contributed by atoms with van der Waals surface area (Å²) in [7, 11) is 0. The van der Waals surface area contributed by atoms with Gasteiger partial charge in [0.25, 0.3) is 0 Å². The van der Waals surface area contributed by atoms with Gasteiger partial charge in [-0.25, -0.2) is 4.39 Å². The van der Waals surface area contributed by atoms with E-state index in [4.69, 9.17) is 4.74 Å². The molecule has 1 atom stereocenters. The van der Waals surface area contributed by atoms with Crippen molar-refractivity contribution in [1.29, 1.82) is 0 Å². The van der Waals surface area contributed by atoms with Crippen molar-refractivity contribution in [2.75, 3.05) is 0 Å². The zero-order chi connectivity index (χ0) is 13.5. The highest BCUT2D eigenvalue weighted by atomic mass is 19.1. The first-order chi connectivity index (χ1) is 8.51. The van der Waals surface area contributed by atoms with Gasteiger partial charge in [-0.2, -0.15) is 0 Å². The minimum Gasteiger partial charge on any atom is -0.491 e. The van der Waals surface area contributed by atoms with Crippen molar-refractivity contribution in [1.82, 2.24) is 5.32 Å². The average Bonchev–Trinajstić information content (AvgIpc) is 2.25. The predicted octanol–water partition coefficient (Wildman–Crippen LogP) is 3.89. The van der Waals surface area contributed by atoms with Crippen LogP contribution in [0.3, 0.4) is 0 Å². The minimum absolute atomic E-state index is 0.128. The monoisotopic (exact) mass is 253 g/mol. The van der Waals surface area contributed by atoms with Gasteiger partial charge in [0.2, 0.25) is 0 Å². The Morgan fingerprint density at radius 1 is 1.22 bits per heavy atom. The van der Waals surface area contributed by atoms with E-state index in [0.717, 1.165) is 18.4 Å². The average molecular weight is 253 g/mol. The van der Waals surface area contributed by atoms with Crippen molar-refractivity contribution in [2.24, 2.45) is 0 Å². The van der Waals surface area contributed by atoms with E-state index >= 15 is 0 Å². The fraction of sp³-hybridized carbons (Fsp3) is 0.600. The van der Waals surface area contributed by atoms with Crippen molar-refractivity contribution in [3.63, 3.8) is 0 Å². The van der Waals surface area contributed by atoms with Crippen LogP contribution in [0.4, 0.5) is 4.39 Å². The number of benzene rings is 1. The smallest absolute Gasteiger partial charge is 0.127 e. The number of nitrogens with one attached hydrogen (secondary N) is 1. The van der Waals surface area contributed by atoms with E-state index in [9.17, 15) is 4.39 Å². The van der Waals surface area contributed by atoms with Gasteiger partial charge in [-0.15, -0.1) is 0 Å². The molecule has 0 aromatic heterocycles. The molecule has 1 rings (SSSR count).